The lowest BCUT2D eigenvalue weighted by atomic mass is 10.00. The van der Waals surface area contributed by atoms with E-state index in [0.29, 0.717) is 39.3 Å². The second-order valence-electron chi connectivity index (χ2n) is 9.04. The van der Waals surface area contributed by atoms with Gasteiger partial charge in [-0.25, -0.2) is 23.3 Å². The normalized spacial score (nSPS) is 16.9. The Morgan fingerprint density at radius 2 is 2.10 bits per heavy atom. The summed E-state index contributed by atoms with van der Waals surface area (Å²) < 4.78 is 34.4. The Hall–Kier alpha value is -3.53. The maximum atomic E-state index is 13.5. The third-order valence-electron chi connectivity index (χ3n) is 6.34. The minimum Gasteiger partial charge on any atom is -0.491 e. The fourth-order valence-electron chi connectivity index (χ4n) is 4.46. The number of rotatable bonds is 12. The van der Waals surface area contributed by atoms with Crippen LogP contribution in [0.3, 0.4) is 0 Å². The summed E-state index contributed by atoms with van der Waals surface area (Å²) in [5.74, 6) is -1.04. The average molecular weight is 579 g/mol. The Morgan fingerprint density at radius 3 is 2.74 bits per heavy atom. The first-order valence-electron chi connectivity index (χ1n) is 12.0. The van der Waals surface area contributed by atoms with E-state index in [9.17, 15) is 23.5 Å². The zero-order valence-electron chi connectivity index (χ0n) is 21.6. The van der Waals surface area contributed by atoms with E-state index in [1.54, 1.807) is 50.5 Å². The van der Waals surface area contributed by atoms with Gasteiger partial charge in [-0.2, -0.15) is 0 Å². The van der Waals surface area contributed by atoms with Crippen molar-refractivity contribution in [3.8, 4) is 5.75 Å². The molecule has 1 aromatic carbocycles. The number of nitrogens with zero attached hydrogens (tertiary/aromatic N) is 5. The van der Waals surface area contributed by atoms with Crippen LogP contribution in [0.5, 0.6) is 5.75 Å². The Morgan fingerprint density at radius 1 is 1.33 bits per heavy atom. The molecule has 1 aliphatic heterocycles. The van der Waals surface area contributed by atoms with Gasteiger partial charge in [0.25, 0.3) is 11.3 Å². The number of thiazole rings is 1. The molecule has 15 heteroatoms. The van der Waals surface area contributed by atoms with Crippen LogP contribution < -0.4 is 19.7 Å². The number of carbonyl (C=O) groups is 2. The number of hydrogen-bond donors (Lipinski definition) is 3. The third kappa shape index (κ3) is 6.06. The number of ether oxygens (including phenoxy) is 2. The maximum absolute atomic E-state index is 13.5. The van der Waals surface area contributed by atoms with Crippen LogP contribution >= 0.6 is 11.3 Å². The minimum atomic E-state index is -2.53. The van der Waals surface area contributed by atoms with Crippen LogP contribution in [0.25, 0.3) is 10.8 Å². The summed E-state index contributed by atoms with van der Waals surface area (Å²) in [6.45, 7) is 0.631. The molecule has 1 unspecified atom stereocenters. The molecule has 0 bridgehead atoms. The number of nitrogens with two attached hydrogens (primary N) is 1. The first-order valence-corrected chi connectivity index (χ1v) is 13.9. The van der Waals surface area contributed by atoms with Crippen molar-refractivity contribution < 1.29 is 32.9 Å². The zero-order valence-corrected chi connectivity index (χ0v) is 23.3. The van der Waals surface area contributed by atoms with Crippen molar-refractivity contribution in [2.45, 2.75) is 24.9 Å². The number of aromatic nitrogens is 2. The number of pyridine rings is 1. The van der Waals surface area contributed by atoms with Crippen molar-refractivity contribution >= 4 is 61.2 Å². The van der Waals surface area contributed by atoms with E-state index in [1.807, 2.05) is 0 Å². The number of hydrogen-bond acceptors (Lipinski definition) is 10. The fraction of sp³-hybridized carbons (Fsp3) is 0.417. The lowest BCUT2D eigenvalue weighted by Gasteiger charge is -2.28. The molecule has 3 heterocycles. The van der Waals surface area contributed by atoms with Gasteiger partial charge in [0.15, 0.2) is 5.13 Å². The molecule has 1 saturated heterocycles. The van der Waals surface area contributed by atoms with E-state index in [1.165, 1.54) is 11.1 Å². The molecule has 1 aliphatic rings. The van der Waals surface area contributed by atoms with E-state index in [4.69, 9.17) is 15.2 Å². The van der Waals surface area contributed by atoms with Crippen LogP contribution in [0.4, 0.5) is 16.0 Å². The van der Waals surface area contributed by atoms with Crippen molar-refractivity contribution in [1.82, 2.24) is 14.9 Å². The molecule has 39 heavy (non-hydrogen) atoms. The molecule has 0 radical (unpaired) electrons. The second kappa shape index (κ2) is 12.1. The second-order valence-corrected chi connectivity index (χ2v) is 10.9. The van der Waals surface area contributed by atoms with E-state index >= 15 is 0 Å². The van der Waals surface area contributed by atoms with Crippen LogP contribution in [-0.2, 0) is 32.0 Å². The van der Waals surface area contributed by atoms with Gasteiger partial charge in [-0.1, -0.05) is 11.3 Å². The standard InChI is InChI=1S/C24H30N6O7S2/c1-28(2)24-27-13-20(38-24)30(39(34)35)17-5-7-29(22(17)31)18(23(32)33)11-15-10-14-4-6-26-21(25)16(14)12-19(15)37-9-8-36-3/h4,6,10,12-13,17-18H,5,7-9,11H2,1-3H3,(H2,25,26)(H,32,33)(H,34,35)/t17-,18+/m0/s1. The monoisotopic (exact) mass is 578 g/mol. The third-order valence-corrected chi connectivity index (χ3v) is 8.41. The highest BCUT2D eigenvalue weighted by Gasteiger charge is 2.44. The van der Waals surface area contributed by atoms with Crippen LogP contribution in [0.15, 0.2) is 30.6 Å². The highest BCUT2D eigenvalue weighted by atomic mass is 32.2. The van der Waals surface area contributed by atoms with Gasteiger partial charge in [0.05, 0.1) is 12.8 Å². The van der Waals surface area contributed by atoms with Gasteiger partial charge in [0, 0.05) is 45.8 Å². The molecule has 210 valence electrons. The number of carboxylic acids is 1. The van der Waals surface area contributed by atoms with Crippen molar-refractivity contribution in [2.75, 3.05) is 55.9 Å². The fourth-order valence-corrected chi connectivity index (χ4v) is 6.17. The molecule has 4 N–H and O–H groups in total. The lowest BCUT2D eigenvalue weighted by Crippen LogP contribution is -2.48. The topological polar surface area (TPSA) is 172 Å². The van der Waals surface area contributed by atoms with E-state index < -0.39 is 35.2 Å². The molecule has 0 spiro atoms. The number of aliphatic carboxylic acids is 1. The van der Waals surface area contributed by atoms with Crippen LogP contribution in [0.2, 0.25) is 0 Å². The Labute approximate surface area is 231 Å². The van der Waals surface area contributed by atoms with E-state index in [-0.39, 0.29) is 26.0 Å². The number of carboxylic acid groups (broad SMARTS) is 1. The summed E-state index contributed by atoms with van der Waals surface area (Å²) in [6, 6.07) is 2.98. The molecule has 1 amide bonds. The molecule has 0 saturated carbocycles. The van der Waals surface area contributed by atoms with Crippen molar-refractivity contribution in [3.63, 3.8) is 0 Å². The summed E-state index contributed by atoms with van der Waals surface area (Å²) in [7, 11) is 5.11. The Kier molecular flexibility index (Phi) is 8.84. The van der Waals surface area contributed by atoms with E-state index in [0.717, 1.165) is 21.0 Å². The van der Waals surface area contributed by atoms with Crippen LogP contribution in [0, 0.1) is 0 Å². The average Bonchev–Trinajstić information content (AvgIpc) is 3.51. The summed E-state index contributed by atoms with van der Waals surface area (Å²) in [4.78, 5) is 37.3. The Bertz CT molecular complexity index is 1380. The molecule has 2 aromatic heterocycles. The summed E-state index contributed by atoms with van der Waals surface area (Å²) in [5.41, 5.74) is 6.60. The smallest absolute Gasteiger partial charge is 0.326 e. The van der Waals surface area contributed by atoms with Crippen molar-refractivity contribution in [3.05, 3.63) is 36.2 Å². The molecule has 1 fully saturated rings. The van der Waals surface area contributed by atoms with Gasteiger partial charge in [0.2, 0.25) is 5.91 Å². The summed E-state index contributed by atoms with van der Waals surface area (Å²) in [5, 5.41) is 12.5. The molecule has 13 nitrogen and oxygen atoms in total. The van der Waals surface area contributed by atoms with Gasteiger partial charge >= 0.3 is 5.97 Å². The number of carbonyl (C=O) groups excluding carboxylic acids is 1. The minimum absolute atomic E-state index is 0.0537. The quantitative estimate of drug-likeness (QED) is 0.211. The highest BCUT2D eigenvalue weighted by Crippen LogP contribution is 2.35. The number of nitrogen functional groups attached to an aromatic ring is 1. The molecular weight excluding hydrogens is 548 g/mol. The molecule has 4 rings (SSSR count). The largest absolute Gasteiger partial charge is 0.491 e. The maximum Gasteiger partial charge on any atom is 0.326 e. The predicted octanol–water partition coefficient (Wildman–Crippen LogP) is 1.60. The zero-order chi connectivity index (χ0) is 28.3. The summed E-state index contributed by atoms with van der Waals surface area (Å²) >= 11 is -1.37. The number of likely N-dealkylation sites (tertiary alicyclic amines) is 1. The van der Waals surface area contributed by atoms with Crippen LogP contribution in [-0.4, -0.2) is 93.7 Å². The van der Waals surface area contributed by atoms with E-state index in [2.05, 4.69) is 9.97 Å². The predicted molar refractivity (Wildman–Crippen MR) is 148 cm³/mol. The van der Waals surface area contributed by atoms with Crippen molar-refractivity contribution in [1.29, 1.82) is 0 Å². The lowest BCUT2D eigenvalue weighted by molar-refractivity contribution is -0.148. The first-order chi connectivity index (χ1) is 18.6. The molecule has 3 aromatic rings. The van der Waals surface area contributed by atoms with Gasteiger partial charge < -0.3 is 30.1 Å². The molecular formula is C24H30N6O7S2. The molecule has 3 atom stereocenters. The SMILES string of the molecule is COCCOc1cc2c(N)nccc2cc1C[C@H](C(=O)O)N1CC[C@H](N(c2cnc(N(C)C)s2)S(=O)O)C1=O. The van der Waals surface area contributed by atoms with Crippen molar-refractivity contribution in [2.24, 2.45) is 0 Å². The van der Waals surface area contributed by atoms with Crippen LogP contribution in [0.1, 0.15) is 12.0 Å². The number of fused-ring (bicyclic) bond motifs is 1. The first kappa shape index (κ1) is 28.5. The molecule has 0 aliphatic carbocycles. The number of amides is 1. The highest BCUT2D eigenvalue weighted by molar-refractivity contribution is 7.81. The number of benzene rings is 1. The number of methoxy groups -OCH3 is 1. The Balaban J connectivity index is 1.64. The van der Waals surface area contributed by atoms with Gasteiger partial charge in [-0.15, -0.1) is 0 Å². The number of anilines is 3. The van der Waals surface area contributed by atoms with Gasteiger partial charge in [-0.05, 0) is 35.6 Å². The summed E-state index contributed by atoms with van der Waals surface area (Å²) in [6.07, 6.45) is 3.10. The van der Waals surface area contributed by atoms with Gasteiger partial charge in [0.1, 0.15) is 35.3 Å². The van der Waals surface area contributed by atoms with Gasteiger partial charge in [-0.3, -0.25) is 9.35 Å².